The van der Waals surface area contributed by atoms with Gasteiger partial charge in [-0.3, -0.25) is 15.0 Å². The van der Waals surface area contributed by atoms with Crippen molar-refractivity contribution in [3.63, 3.8) is 0 Å². The quantitative estimate of drug-likeness (QED) is 0.150. The third-order valence-electron chi connectivity index (χ3n) is 6.70. The molecule has 0 saturated carbocycles. The first kappa shape index (κ1) is 32.0. The highest BCUT2D eigenvalue weighted by molar-refractivity contribution is 5.95. The summed E-state index contributed by atoms with van der Waals surface area (Å²) in [6, 6.07) is 12.0. The summed E-state index contributed by atoms with van der Waals surface area (Å²) in [5.74, 6) is -2.62. The van der Waals surface area contributed by atoms with Gasteiger partial charge in [0.2, 0.25) is 11.8 Å². The molecule has 14 heteroatoms. The van der Waals surface area contributed by atoms with Gasteiger partial charge in [-0.15, -0.1) is 0 Å². The molecule has 9 nitrogen and oxygen atoms in total. The van der Waals surface area contributed by atoms with Crippen LogP contribution in [0, 0.1) is 11.2 Å². The number of nitrogen functional groups attached to an aromatic ring is 1. The lowest BCUT2D eigenvalue weighted by Gasteiger charge is -2.28. The molecule has 2 amide bonds. The van der Waals surface area contributed by atoms with E-state index in [-0.39, 0.29) is 42.2 Å². The van der Waals surface area contributed by atoms with Crippen LogP contribution in [0.5, 0.6) is 11.5 Å². The molecule has 1 heterocycles. The molecule has 1 atom stereocenters. The maximum atomic E-state index is 15.1. The van der Waals surface area contributed by atoms with Crippen molar-refractivity contribution in [3.8, 4) is 11.5 Å². The second-order valence-corrected chi connectivity index (χ2v) is 10.0. The van der Waals surface area contributed by atoms with Crippen molar-refractivity contribution >= 4 is 29.0 Å². The van der Waals surface area contributed by atoms with Gasteiger partial charge < -0.3 is 30.7 Å². The zero-order valence-corrected chi connectivity index (χ0v) is 23.5. The number of amides is 2. The first-order valence-electron chi connectivity index (χ1n) is 13.4. The second-order valence-electron chi connectivity index (χ2n) is 10.0. The molecule has 0 radical (unpaired) electrons. The Kier molecular flexibility index (Phi) is 10.2. The number of alkyl halides is 4. The average Bonchev–Trinajstić information content (AvgIpc) is 2.96. The number of aryl methyl sites for hydroxylation is 1. The van der Waals surface area contributed by atoms with Crippen LogP contribution in [0.15, 0.2) is 54.6 Å². The van der Waals surface area contributed by atoms with E-state index in [1.165, 1.54) is 30.1 Å². The number of anilines is 2. The van der Waals surface area contributed by atoms with Crippen molar-refractivity contribution in [1.82, 2.24) is 4.90 Å². The predicted molar refractivity (Wildman–Crippen MR) is 153 cm³/mol. The van der Waals surface area contributed by atoms with Gasteiger partial charge in [0.1, 0.15) is 30.8 Å². The van der Waals surface area contributed by atoms with Crippen molar-refractivity contribution in [3.05, 3.63) is 82.7 Å². The fourth-order valence-corrected chi connectivity index (χ4v) is 4.64. The van der Waals surface area contributed by atoms with E-state index in [1.54, 1.807) is 30.3 Å². The average molecular weight is 620 g/mol. The van der Waals surface area contributed by atoms with Crippen LogP contribution in [0.25, 0.3) is 0 Å². The summed E-state index contributed by atoms with van der Waals surface area (Å²) in [5, 5.41) is 13.3. The highest BCUT2D eigenvalue weighted by atomic mass is 19.3. The minimum Gasteiger partial charge on any atom is -0.487 e. The molecule has 1 aliphatic heterocycles. The Morgan fingerprint density at radius 1 is 1.00 bits per heavy atom. The Balaban J connectivity index is 1.78. The van der Waals surface area contributed by atoms with Gasteiger partial charge in [0.05, 0.1) is 0 Å². The lowest BCUT2D eigenvalue weighted by molar-refractivity contribution is -0.131. The minimum atomic E-state index is -2.89. The normalized spacial score (nSPS) is 15.5. The van der Waals surface area contributed by atoms with Gasteiger partial charge in [-0.05, 0) is 60.0 Å². The molecule has 1 unspecified atom stereocenters. The monoisotopic (exact) mass is 619 g/mol. The Morgan fingerprint density at radius 2 is 1.68 bits per heavy atom. The SMILES string of the molecule is CN1Cc2cc(cc(F)c2OCC(F)F)NC(=O)CCc2cc(ccc2OCC(F)F)C(Nc2ccc(C(=N)N)cc2)C1=O. The molecule has 0 saturated heterocycles. The van der Waals surface area contributed by atoms with Crippen LogP contribution in [0.1, 0.15) is 34.7 Å². The van der Waals surface area contributed by atoms with Crippen LogP contribution < -0.4 is 25.8 Å². The van der Waals surface area contributed by atoms with Crippen LogP contribution in [0.4, 0.5) is 33.3 Å². The molecular weight excluding hydrogens is 589 g/mol. The lowest BCUT2D eigenvalue weighted by Crippen LogP contribution is -2.35. The fourth-order valence-electron chi connectivity index (χ4n) is 4.64. The van der Waals surface area contributed by atoms with E-state index >= 15 is 4.39 Å². The molecule has 4 rings (SSSR count). The zero-order chi connectivity index (χ0) is 32.0. The largest absolute Gasteiger partial charge is 0.487 e. The maximum Gasteiger partial charge on any atom is 0.272 e. The van der Waals surface area contributed by atoms with Gasteiger partial charge in [0, 0.05) is 48.6 Å². The van der Waals surface area contributed by atoms with E-state index in [9.17, 15) is 27.2 Å². The van der Waals surface area contributed by atoms with Gasteiger partial charge in [-0.25, -0.2) is 22.0 Å². The third kappa shape index (κ3) is 8.14. The van der Waals surface area contributed by atoms with E-state index in [1.807, 2.05) is 0 Å². The Labute approximate surface area is 249 Å². The minimum absolute atomic E-state index is 0.00738. The maximum absolute atomic E-state index is 15.1. The molecule has 3 aromatic carbocycles. The predicted octanol–water partition coefficient (Wildman–Crippen LogP) is 5.09. The number of benzene rings is 3. The van der Waals surface area contributed by atoms with Crippen LogP contribution in [-0.2, 0) is 22.6 Å². The van der Waals surface area contributed by atoms with Gasteiger partial charge in [0.15, 0.2) is 11.6 Å². The van der Waals surface area contributed by atoms with Gasteiger partial charge in [-0.2, -0.15) is 0 Å². The first-order valence-corrected chi connectivity index (χ1v) is 13.4. The first-order chi connectivity index (χ1) is 20.9. The number of nitrogens with two attached hydrogens (primary N) is 1. The highest BCUT2D eigenvalue weighted by Gasteiger charge is 2.28. The molecule has 0 spiro atoms. The summed E-state index contributed by atoms with van der Waals surface area (Å²) >= 11 is 0. The summed E-state index contributed by atoms with van der Waals surface area (Å²) < 4.78 is 77.1. The van der Waals surface area contributed by atoms with E-state index in [0.29, 0.717) is 22.4 Å². The molecule has 234 valence electrons. The smallest absolute Gasteiger partial charge is 0.272 e. The summed E-state index contributed by atoms with van der Waals surface area (Å²) in [6.45, 7) is -2.26. The molecule has 44 heavy (non-hydrogen) atoms. The fraction of sp³-hybridized carbons (Fsp3) is 0.300. The number of nitrogens with zero attached hydrogens (tertiary/aromatic N) is 1. The molecule has 0 aliphatic carbocycles. The number of hydrogen-bond donors (Lipinski definition) is 4. The van der Waals surface area contributed by atoms with Gasteiger partial charge in [0.25, 0.3) is 12.9 Å². The number of likely N-dealkylation sites (N-methyl/N-ethyl adjacent to an activating group) is 1. The summed E-state index contributed by atoms with van der Waals surface area (Å²) in [7, 11) is 1.42. The van der Waals surface area contributed by atoms with Crippen LogP contribution >= 0.6 is 0 Å². The summed E-state index contributed by atoms with van der Waals surface area (Å²) in [5.41, 5.74) is 7.28. The van der Waals surface area contributed by atoms with Gasteiger partial charge in [-0.1, -0.05) is 6.07 Å². The second kappa shape index (κ2) is 14.1. The highest BCUT2D eigenvalue weighted by Crippen LogP contribution is 2.32. The number of ether oxygens (including phenoxy) is 2. The zero-order valence-electron chi connectivity index (χ0n) is 23.5. The Morgan fingerprint density at radius 3 is 2.34 bits per heavy atom. The van der Waals surface area contributed by atoms with E-state index < -0.39 is 55.5 Å². The molecular formula is C30H30F5N5O4. The van der Waals surface area contributed by atoms with Crippen molar-refractivity contribution in [2.24, 2.45) is 5.73 Å². The molecule has 3 aromatic rings. The number of carbonyl (C=O) groups excluding carboxylic acids is 2. The van der Waals surface area contributed by atoms with Gasteiger partial charge >= 0.3 is 0 Å². The van der Waals surface area contributed by atoms with Crippen LogP contribution in [0.2, 0.25) is 0 Å². The number of halogens is 5. The number of rotatable bonds is 9. The third-order valence-corrected chi connectivity index (χ3v) is 6.70. The Bertz CT molecular complexity index is 1520. The summed E-state index contributed by atoms with van der Waals surface area (Å²) in [4.78, 5) is 28.0. The number of nitrogens with one attached hydrogen (secondary N) is 3. The van der Waals surface area contributed by atoms with E-state index in [2.05, 4.69) is 10.6 Å². The van der Waals surface area contributed by atoms with E-state index in [0.717, 1.165) is 6.07 Å². The standard InChI is InChI=1S/C30H30F5N5O4/c1-40-13-19-11-21(12-22(31)28(19)44-15-25(34)35)38-26(41)9-5-17-10-18(4-8-23(17)43-14-24(32)33)27(30(40)42)39-20-6-2-16(3-7-20)29(36)37/h2-4,6-8,10-12,24-25,27,39H,5,9,13-15H2,1H3,(H3,36,37)(H,38,41). The van der Waals surface area contributed by atoms with Crippen LogP contribution in [-0.4, -0.2) is 55.7 Å². The molecule has 0 aromatic heterocycles. The topological polar surface area (TPSA) is 130 Å². The molecule has 0 fully saturated rings. The molecule has 1 aliphatic rings. The molecule has 5 N–H and O–H groups in total. The van der Waals surface area contributed by atoms with Crippen molar-refractivity contribution in [2.45, 2.75) is 38.3 Å². The molecule has 4 bridgehead atoms. The van der Waals surface area contributed by atoms with Crippen LogP contribution in [0.3, 0.4) is 0 Å². The van der Waals surface area contributed by atoms with E-state index in [4.69, 9.17) is 20.6 Å². The number of amidine groups is 1. The Hall–Kier alpha value is -4.88. The van der Waals surface area contributed by atoms with Crippen molar-refractivity contribution < 1.29 is 41.0 Å². The summed E-state index contributed by atoms with van der Waals surface area (Å²) in [6.07, 6.45) is -5.77. The number of fused-ring (bicyclic) bond motifs is 4. The van der Waals surface area contributed by atoms with Crippen molar-refractivity contribution in [1.29, 1.82) is 5.41 Å². The number of carbonyl (C=O) groups is 2. The lowest BCUT2D eigenvalue weighted by atomic mass is 9.98. The number of hydrogen-bond acceptors (Lipinski definition) is 6. The van der Waals surface area contributed by atoms with Crippen molar-refractivity contribution in [2.75, 3.05) is 30.9 Å².